The molecule has 0 aliphatic carbocycles. The van der Waals surface area contributed by atoms with Gasteiger partial charge in [0.2, 0.25) is 0 Å². The summed E-state index contributed by atoms with van der Waals surface area (Å²) in [4.78, 5) is 14.2. The molecule has 0 radical (unpaired) electrons. The number of carbonyl (C=O) groups is 1. The molecule has 0 bridgehead atoms. The number of aldehydes is 1. The summed E-state index contributed by atoms with van der Waals surface area (Å²) >= 11 is 6.72. The molecule has 1 rings (SSSR count). The number of hydrogen-bond donors (Lipinski definition) is 0. The summed E-state index contributed by atoms with van der Waals surface area (Å²) in [6, 6.07) is 0. The molecule has 0 aromatic carbocycles. The molecule has 0 aliphatic heterocycles. The summed E-state index contributed by atoms with van der Waals surface area (Å²) in [7, 11) is 0. The molecule has 1 aromatic rings. The summed E-state index contributed by atoms with van der Waals surface area (Å²) in [5.74, 6) is 6.17. The Balaban J connectivity index is 2.65. The molecule has 0 saturated carbocycles. The normalized spacial score (nSPS) is 8.75. The minimum atomic E-state index is 0.463. The SMILES string of the molecule is O=Cc1nc(C#CCCCl)cs1. The Hall–Kier alpha value is -0.850. The molecule has 0 fully saturated rings. The molecule has 0 amide bonds. The fraction of sp³-hybridized carbons (Fsp3) is 0.250. The quantitative estimate of drug-likeness (QED) is 0.414. The van der Waals surface area contributed by atoms with E-state index in [0.29, 0.717) is 23.0 Å². The van der Waals surface area contributed by atoms with Crippen LogP contribution in [0.1, 0.15) is 21.9 Å². The summed E-state index contributed by atoms with van der Waals surface area (Å²) in [6.07, 6.45) is 1.37. The second-order valence-corrected chi connectivity index (χ2v) is 3.20. The fourth-order valence-corrected chi connectivity index (χ4v) is 1.24. The van der Waals surface area contributed by atoms with E-state index in [0.717, 1.165) is 6.29 Å². The molecular formula is C8H6ClNOS. The van der Waals surface area contributed by atoms with Gasteiger partial charge in [-0.3, -0.25) is 4.79 Å². The van der Waals surface area contributed by atoms with E-state index in [1.807, 2.05) is 0 Å². The number of nitrogens with zero attached hydrogens (tertiary/aromatic N) is 1. The lowest BCUT2D eigenvalue weighted by atomic mass is 10.4. The van der Waals surface area contributed by atoms with Crippen LogP contribution in [0.15, 0.2) is 5.38 Å². The van der Waals surface area contributed by atoms with Gasteiger partial charge < -0.3 is 0 Å². The molecule has 0 spiro atoms. The zero-order chi connectivity index (χ0) is 8.81. The Kier molecular flexibility index (Phi) is 3.78. The molecule has 0 saturated heterocycles. The highest BCUT2D eigenvalue weighted by Gasteiger charge is 1.95. The first-order valence-electron chi connectivity index (χ1n) is 3.32. The average Bonchev–Trinajstić information content (AvgIpc) is 2.53. The lowest BCUT2D eigenvalue weighted by molar-refractivity contribution is 0.112. The smallest absolute Gasteiger partial charge is 0.178 e. The van der Waals surface area contributed by atoms with Crippen LogP contribution >= 0.6 is 22.9 Å². The number of halogens is 1. The van der Waals surface area contributed by atoms with Crippen LogP contribution < -0.4 is 0 Å². The molecule has 0 atom stereocenters. The van der Waals surface area contributed by atoms with Gasteiger partial charge in [-0.25, -0.2) is 4.98 Å². The average molecular weight is 200 g/mol. The van der Waals surface area contributed by atoms with Crippen LogP contribution in [0.5, 0.6) is 0 Å². The molecule has 62 valence electrons. The molecule has 0 aliphatic rings. The first kappa shape index (κ1) is 9.24. The molecule has 12 heavy (non-hydrogen) atoms. The maximum absolute atomic E-state index is 10.2. The predicted molar refractivity (Wildman–Crippen MR) is 49.7 cm³/mol. The maximum atomic E-state index is 10.2. The van der Waals surface area contributed by atoms with Crippen molar-refractivity contribution in [2.45, 2.75) is 6.42 Å². The lowest BCUT2D eigenvalue weighted by Crippen LogP contribution is -1.78. The number of aromatic nitrogens is 1. The summed E-state index contributed by atoms with van der Waals surface area (Å²) in [5.41, 5.74) is 0.646. The first-order valence-corrected chi connectivity index (χ1v) is 4.74. The number of alkyl halides is 1. The van der Waals surface area contributed by atoms with Crippen LogP contribution in [-0.4, -0.2) is 17.2 Å². The topological polar surface area (TPSA) is 30.0 Å². The second-order valence-electron chi connectivity index (χ2n) is 1.93. The van der Waals surface area contributed by atoms with Crippen molar-refractivity contribution in [2.24, 2.45) is 0 Å². The van der Waals surface area contributed by atoms with Crippen LogP contribution in [0, 0.1) is 11.8 Å². The van der Waals surface area contributed by atoms with Gasteiger partial charge in [0.05, 0.1) is 0 Å². The van der Waals surface area contributed by atoms with Crippen molar-refractivity contribution in [3.05, 3.63) is 16.1 Å². The zero-order valence-electron chi connectivity index (χ0n) is 6.21. The van der Waals surface area contributed by atoms with Crippen molar-refractivity contribution < 1.29 is 4.79 Å². The molecule has 0 N–H and O–H groups in total. The molecule has 4 heteroatoms. The van der Waals surface area contributed by atoms with Crippen molar-refractivity contribution in [2.75, 3.05) is 5.88 Å². The summed E-state index contributed by atoms with van der Waals surface area (Å²) in [6.45, 7) is 0. The third kappa shape index (κ3) is 2.65. The standard InChI is InChI=1S/C8H6ClNOS/c9-4-2-1-3-7-6-12-8(5-11)10-7/h5-6H,2,4H2. The van der Waals surface area contributed by atoms with E-state index in [2.05, 4.69) is 16.8 Å². The van der Waals surface area contributed by atoms with Crippen molar-refractivity contribution in [1.29, 1.82) is 0 Å². The van der Waals surface area contributed by atoms with Crippen molar-refractivity contribution in [3.63, 3.8) is 0 Å². The molecular weight excluding hydrogens is 194 g/mol. The van der Waals surface area contributed by atoms with Crippen LogP contribution in [0.25, 0.3) is 0 Å². The summed E-state index contributed by atoms with van der Waals surface area (Å²) in [5, 5.41) is 2.22. The monoisotopic (exact) mass is 199 g/mol. The number of thiazole rings is 1. The minimum Gasteiger partial charge on any atom is -0.295 e. The van der Waals surface area contributed by atoms with E-state index < -0.39 is 0 Å². The van der Waals surface area contributed by atoms with Gasteiger partial charge in [-0.05, 0) is 5.92 Å². The molecule has 0 unspecified atom stereocenters. The van der Waals surface area contributed by atoms with E-state index in [9.17, 15) is 4.79 Å². The number of carbonyl (C=O) groups excluding carboxylic acids is 1. The Morgan fingerprint density at radius 3 is 3.17 bits per heavy atom. The van der Waals surface area contributed by atoms with Crippen molar-refractivity contribution in [1.82, 2.24) is 4.98 Å². The second kappa shape index (κ2) is 4.91. The lowest BCUT2D eigenvalue weighted by Gasteiger charge is -1.76. The van der Waals surface area contributed by atoms with Gasteiger partial charge in [-0.2, -0.15) is 0 Å². The van der Waals surface area contributed by atoms with E-state index >= 15 is 0 Å². The molecule has 2 nitrogen and oxygen atoms in total. The molecule has 1 heterocycles. The zero-order valence-corrected chi connectivity index (χ0v) is 7.78. The Morgan fingerprint density at radius 2 is 2.58 bits per heavy atom. The van der Waals surface area contributed by atoms with Gasteiger partial charge in [-0.15, -0.1) is 22.9 Å². The highest BCUT2D eigenvalue weighted by atomic mass is 35.5. The Morgan fingerprint density at radius 1 is 1.75 bits per heavy atom. The van der Waals surface area contributed by atoms with Gasteiger partial charge in [0.1, 0.15) is 5.69 Å². The van der Waals surface area contributed by atoms with Gasteiger partial charge in [-0.1, -0.05) is 5.92 Å². The first-order chi connectivity index (χ1) is 5.86. The third-order valence-electron chi connectivity index (χ3n) is 1.06. The predicted octanol–water partition coefficient (Wildman–Crippen LogP) is 1.94. The van der Waals surface area contributed by atoms with Gasteiger partial charge in [0.15, 0.2) is 11.3 Å². The third-order valence-corrected chi connectivity index (χ3v) is 2.02. The number of hydrogen-bond acceptors (Lipinski definition) is 3. The fourth-order valence-electron chi connectivity index (χ4n) is 0.599. The van der Waals surface area contributed by atoms with E-state index in [1.165, 1.54) is 11.3 Å². The van der Waals surface area contributed by atoms with Crippen LogP contribution in [0.2, 0.25) is 0 Å². The Labute approximate surface area is 79.6 Å². The Bertz CT molecular complexity index is 323. The van der Waals surface area contributed by atoms with Crippen molar-refractivity contribution in [3.8, 4) is 11.8 Å². The summed E-state index contributed by atoms with van der Waals surface area (Å²) < 4.78 is 0. The highest BCUT2D eigenvalue weighted by molar-refractivity contribution is 7.11. The van der Waals surface area contributed by atoms with Gasteiger partial charge in [0, 0.05) is 17.7 Å². The largest absolute Gasteiger partial charge is 0.295 e. The van der Waals surface area contributed by atoms with E-state index in [-0.39, 0.29) is 0 Å². The van der Waals surface area contributed by atoms with Gasteiger partial charge >= 0.3 is 0 Å². The minimum absolute atomic E-state index is 0.463. The maximum Gasteiger partial charge on any atom is 0.178 e. The van der Waals surface area contributed by atoms with Gasteiger partial charge in [0.25, 0.3) is 0 Å². The number of rotatable bonds is 2. The van der Waals surface area contributed by atoms with Crippen LogP contribution in [0.4, 0.5) is 0 Å². The van der Waals surface area contributed by atoms with E-state index in [1.54, 1.807) is 5.38 Å². The molecule has 1 aromatic heterocycles. The highest BCUT2D eigenvalue weighted by Crippen LogP contribution is 2.05. The van der Waals surface area contributed by atoms with Crippen molar-refractivity contribution >= 4 is 29.2 Å². The van der Waals surface area contributed by atoms with E-state index in [4.69, 9.17) is 11.6 Å². The van der Waals surface area contributed by atoms with Crippen LogP contribution in [-0.2, 0) is 0 Å². The van der Waals surface area contributed by atoms with Crippen LogP contribution in [0.3, 0.4) is 0 Å².